The van der Waals surface area contributed by atoms with Crippen LogP contribution in [0, 0.1) is 16.7 Å². The first-order valence-electron chi connectivity index (χ1n) is 8.49. The van der Waals surface area contributed by atoms with Crippen LogP contribution >= 0.6 is 0 Å². The SMILES string of the molecule is CC1(C)CCC(CN2CCC3(CCCC3)CC2)C1N. The van der Waals surface area contributed by atoms with Gasteiger partial charge in [0.15, 0.2) is 0 Å². The molecule has 3 rings (SSSR count). The molecule has 3 fully saturated rings. The van der Waals surface area contributed by atoms with Crippen molar-refractivity contribution in [1.82, 2.24) is 4.90 Å². The van der Waals surface area contributed by atoms with Crippen molar-refractivity contribution >= 4 is 0 Å². The second-order valence-electron chi connectivity index (χ2n) is 8.32. The lowest BCUT2D eigenvalue weighted by Gasteiger charge is -2.41. The van der Waals surface area contributed by atoms with Crippen LogP contribution in [0.25, 0.3) is 0 Å². The number of nitrogens with two attached hydrogens (primary N) is 1. The topological polar surface area (TPSA) is 29.3 Å². The van der Waals surface area contributed by atoms with Gasteiger partial charge in [-0.1, -0.05) is 26.7 Å². The molecule has 0 radical (unpaired) electrons. The van der Waals surface area contributed by atoms with Crippen molar-refractivity contribution in [2.24, 2.45) is 22.5 Å². The molecule has 2 aliphatic carbocycles. The Labute approximate surface area is 119 Å². The van der Waals surface area contributed by atoms with Crippen LogP contribution in [0.3, 0.4) is 0 Å². The number of hydrogen-bond donors (Lipinski definition) is 1. The largest absolute Gasteiger partial charge is 0.327 e. The van der Waals surface area contributed by atoms with Crippen LogP contribution in [0.15, 0.2) is 0 Å². The molecule has 19 heavy (non-hydrogen) atoms. The van der Waals surface area contributed by atoms with Gasteiger partial charge in [-0.25, -0.2) is 0 Å². The van der Waals surface area contributed by atoms with Crippen LogP contribution in [-0.4, -0.2) is 30.6 Å². The Kier molecular flexibility index (Phi) is 3.68. The first-order valence-corrected chi connectivity index (χ1v) is 8.49. The molecular formula is C17H32N2. The van der Waals surface area contributed by atoms with E-state index in [-0.39, 0.29) is 0 Å². The van der Waals surface area contributed by atoms with Crippen molar-refractivity contribution in [2.75, 3.05) is 19.6 Å². The molecule has 2 atom stereocenters. The molecule has 2 nitrogen and oxygen atoms in total. The van der Waals surface area contributed by atoms with Gasteiger partial charge in [0.25, 0.3) is 0 Å². The van der Waals surface area contributed by atoms with E-state index in [1.165, 1.54) is 71.0 Å². The Morgan fingerprint density at radius 1 is 1.00 bits per heavy atom. The van der Waals surface area contributed by atoms with E-state index < -0.39 is 0 Å². The maximum absolute atomic E-state index is 6.46. The van der Waals surface area contributed by atoms with Gasteiger partial charge in [0.05, 0.1) is 0 Å². The molecule has 0 aromatic rings. The van der Waals surface area contributed by atoms with E-state index >= 15 is 0 Å². The van der Waals surface area contributed by atoms with Gasteiger partial charge in [-0.2, -0.15) is 0 Å². The van der Waals surface area contributed by atoms with Gasteiger partial charge in [-0.15, -0.1) is 0 Å². The lowest BCUT2D eigenvalue weighted by atomic mass is 9.77. The molecule has 1 spiro atoms. The molecule has 1 heterocycles. The Bertz CT molecular complexity index is 307. The quantitative estimate of drug-likeness (QED) is 0.828. The number of hydrogen-bond acceptors (Lipinski definition) is 2. The number of likely N-dealkylation sites (tertiary alicyclic amines) is 1. The zero-order chi connectivity index (χ0) is 13.5. The summed E-state index contributed by atoms with van der Waals surface area (Å²) in [5.74, 6) is 0.743. The third-order valence-electron chi connectivity index (χ3n) is 6.64. The fraction of sp³-hybridized carbons (Fsp3) is 1.00. The van der Waals surface area contributed by atoms with Gasteiger partial charge in [0, 0.05) is 12.6 Å². The minimum atomic E-state index is 0.368. The first kappa shape index (κ1) is 13.9. The van der Waals surface area contributed by atoms with Crippen LogP contribution in [0.4, 0.5) is 0 Å². The second-order valence-corrected chi connectivity index (χ2v) is 8.32. The Balaban J connectivity index is 1.50. The highest BCUT2D eigenvalue weighted by atomic mass is 15.1. The lowest BCUT2D eigenvalue weighted by Crippen LogP contribution is -2.45. The zero-order valence-corrected chi connectivity index (χ0v) is 13.0. The monoisotopic (exact) mass is 264 g/mol. The maximum Gasteiger partial charge on any atom is 0.0131 e. The second kappa shape index (κ2) is 5.04. The Hall–Kier alpha value is -0.0800. The maximum atomic E-state index is 6.46. The highest BCUT2D eigenvalue weighted by Gasteiger charge is 2.41. The molecule has 0 aromatic carbocycles. The standard InChI is InChI=1S/C17H32N2/c1-16(2)8-5-14(15(16)18)13-19-11-9-17(10-12-19)6-3-4-7-17/h14-15H,3-13,18H2,1-2H3. The predicted molar refractivity (Wildman–Crippen MR) is 81.1 cm³/mol. The van der Waals surface area contributed by atoms with Crippen LogP contribution < -0.4 is 5.73 Å². The number of piperidine rings is 1. The van der Waals surface area contributed by atoms with E-state index in [9.17, 15) is 0 Å². The van der Waals surface area contributed by atoms with Gasteiger partial charge in [-0.3, -0.25) is 0 Å². The van der Waals surface area contributed by atoms with Gasteiger partial charge in [0.2, 0.25) is 0 Å². The average Bonchev–Trinajstić information content (AvgIpc) is 2.93. The summed E-state index contributed by atoms with van der Waals surface area (Å²) in [6.45, 7) is 8.64. The van der Waals surface area contributed by atoms with Crippen molar-refractivity contribution in [3.8, 4) is 0 Å². The summed E-state index contributed by atoms with van der Waals surface area (Å²) in [5, 5.41) is 0. The molecule has 2 unspecified atom stereocenters. The summed E-state index contributed by atoms with van der Waals surface area (Å²) < 4.78 is 0. The van der Waals surface area contributed by atoms with E-state index in [0.717, 1.165) is 11.3 Å². The van der Waals surface area contributed by atoms with Crippen molar-refractivity contribution < 1.29 is 0 Å². The molecular weight excluding hydrogens is 232 g/mol. The molecule has 110 valence electrons. The third-order valence-corrected chi connectivity index (χ3v) is 6.64. The molecule has 3 aliphatic rings. The van der Waals surface area contributed by atoms with E-state index in [1.807, 2.05) is 0 Å². The van der Waals surface area contributed by atoms with E-state index in [4.69, 9.17) is 5.73 Å². The van der Waals surface area contributed by atoms with Crippen LogP contribution in [0.1, 0.15) is 65.2 Å². The first-order chi connectivity index (χ1) is 9.01. The predicted octanol–water partition coefficient (Wildman–Crippen LogP) is 3.41. The number of nitrogens with zero attached hydrogens (tertiary/aromatic N) is 1. The lowest BCUT2D eigenvalue weighted by molar-refractivity contribution is 0.0917. The molecule has 2 N–H and O–H groups in total. The van der Waals surface area contributed by atoms with Crippen LogP contribution in [-0.2, 0) is 0 Å². The molecule has 0 aromatic heterocycles. The van der Waals surface area contributed by atoms with Crippen LogP contribution in [0.2, 0.25) is 0 Å². The fourth-order valence-electron chi connectivity index (χ4n) is 4.91. The van der Waals surface area contributed by atoms with Gasteiger partial charge < -0.3 is 10.6 Å². The van der Waals surface area contributed by atoms with Gasteiger partial charge in [0.1, 0.15) is 0 Å². The van der Waals surface area contributed by atoms with Crippen molar-refractivity contribution in [1.29, 1.82) is 0 Å². The highest BCUT2D eigenvalue weighted by molar-refractivity contribution is 4.96. The van der Waals surface area contributed by atoms with Gasteiger partial charge >= 0.3 is 0 Å². The van der Waals surface area contributed by atoms with Crippen molar-refractivity contribution in [2.45, 2.75) is 71.3 Å². The van der Waals surface area contributed by atoms with Crippen molar-refractivity contribution in [3.05, 3.63) is 0 Å². The summed E-state index contributed by atoms with van der Waals surface area (Å²) in [5.41, 5.74) is 7.59. The highest BCUT2D eigenvalue weighted by Crippen LogP contribution is 2.47. The summed E-state index contributed by atoms with van der Waals surface area (Å²) in [6.07, 6.45) is 11.6. The summed E-state index contributed by atoms with van der Waals surface area (Å²) >= 11 is 0. The van der Waals surface area contributed by atoms with Gasteiger partial charge in [-0.05, 0) is 68.4 Å². The Morgan fingerprint density at radius 2 is 1.63 bits per heavy atom. The Morgan fingerprint density at radius 3 is 2.16 bits per heavy atom. The molecule has 1 saturated heterocycles. The molecule has 0 bridgehead atoms. The average molecular weight is 264 g/mol. The van der Waals surface area contributed by atoms with Crippen LogP contribution in [0.5, 0.6) is 0 Å². The summed E-state index contributed by atoms with van der Waals surface area (Å²) in [4.78, 5) is 2.72. The molecule has 0 amide bonds. The fourth-order valence-corrected chi connectivity index (χ4v) is 4.91. The molecule has 2 heteroatoms. The van der Waals surface area contributed by atoms with E-state index in [0.29, 0.717) is 11.5 Å². The van der Waals surface area contributed by atoms with Crippen molar-refractivity contribution in [3.63, 3.8) is 0 Å². The molecule has 1 aliphatic heterocycles. The normalized spacial score (nSPS) is 38.1. The third kappa shape index (κ3) is 2.71. The van der Waals surface area contributed by atoms with E-state index in [1.54, 1.807) is 0 Å². The minimum absolute atomic E-state index is 0.368. The summed E-state index contributed by atoms with van der Waals surface area (Å²) in [7, 11) is 0. The van der Waals surface area contributed by atoms with E-state index in [2.05, 4.69) is 18.7 Å². The number of rotatable bonds is 2. The minimum Gasteiger partial charge on any atom is -0.327 e. The summed E-state index contributed by atoms with van der Waals surface area (Å²) in [6, 6.07) is 0.412. The smallest absolute Gasteiger partial charge is 0.0131 e. The zero-order valence-electron chi connectivity index (χ0n) is 13.0. The molecule has 2 saturated carbocycles.